The molecule has 12 heteroatoms. The molecule has 0 saturated carbocycles. The van der Waals surface area contributed by atoms with E-state index in [1.54, 1.807) is 67.8 Å². The summed E-state index contributed by atoms with van der Waals surface area (Å²) in [6.45, 7) is 13.3. The third kappa shape index (κ3) is 8.37. The van der Waals surface area contributed by atoms with Gasteiger partial charge in [0.1, 0.15) is 28.4 Å². The van der Waals surface area contributed by atoms with Crippen LogP contribution in [0.3, 0.4) is 0 Å². The summed E-state index contributed by atoms with van der Waals surface area (Å²) < 4.78 is 22.7. The number of halogens is 2. The number of rotatable bonds is 6. The second kappa shape index (κ2) is 14.5. The minimum Gasteiger partial charge on any atom is -0.491 e. The smallest absolute Gasteiger partial charge is 0.421 e. The molecule has 49 heavy (non-hydrogen) atoms. The maximum absolute atomic E-state index is 12.8. The Morgan fingerprint density at radius 2 is 1.18 bits per heavy atom. The number of hydrogen-bond donors (Lipinski definition) is 1. The topological polar surface area (TPSA) is 109 Å². The van der Waals surface area contributed by atoms with E-state index in [0.717, 1.165) is 32.5 Å². The molecule has 0 atom stereocenters. The Hall–Kier alpha value is -4.55. The number of benzene rings is 2. The van der Waals surface area contributed by atoms with Crippen molar-refractivity contribution in [3.8, 4) is 22.9 Å². The lowest BCUT2D eigenvalue weighted by Crippen LogP contribution is -2.29. The molecule has 0 spiro atoms. The average Bonchev–Trinajstić information content (AvgIpc) is 3.55. The zero-order chi connectivity index (χ0) is 35.6. The Labute approximate surface area is 300 Å². The van der Waals surface area contributed by atoms with Gasteiger partial charge in [0.05, 0.1) is 32.8 Å². The molecule has 0 aliphatic rings. The summed E-state index contributed by atoms with van der Waals surface area (Å²) >= 11 is 6.82. The van der Waals surface area contributed by atoms with Gasteiger partial charge in [0, 0.05) is 22.9 Å². The molecule has 0 bridgehead atoms. The molecule has 1 N–H and O–H groups in total. The first-order valence-corrected chi connectivity index (χ1v) is 17.3. The number of nitrogens with one attached hydrogen (secondary N) is 1. The molecule has 10 nitrogen and oxygen atoms in total. The molecule has 0 radical (unpaired) electrons. The van der Waals surface area contributed by atoms with Gasteiger partial charge < -0.3 is 19.2 Å². The fourth-order valence-electron chi connectivity index (χ4n) is 5.14. The maximum atomic E-state index is 12.8. The van der Waals surface area contributed by atoms with Crippen molar-refractivity contribution in [1.82, 2.24) is 18.7 Å². The summed E-state index contributed by atoms with van der Waals surface area (Å²) in [4.78, 5) is 40.9. The molecule has 0 fully saturated rings. The molecule has 0 unspecified atom stereocenters. The molecule has 0 amide bonds. The van der Waals surface area contributed by atoms with Gasteiger partial charge in [0.25, 0.3) is 11.1 Å². The van der Waals surface area contributed by atoms with E-state index < -0.39 is 11.7 Å². The van der Waals surface area contributed by atoms with Gasteiger partial charge in [-0.05, 0) is 153 Å². The maximum Gasteiger partial charge on any atom is 0.421 e. The standard InChI is InChI=1S/C21H23BrN2O4.C16H15BrN2O2/c1-13(2)27-16-9-7-15(8-10-16)23-18(25)11-6-14-12-17(22)24(19(14)23)20(26)28-21(3,4)5;1-10(2)21-13-6-4-12(5-7-13)19-15(20)8-3-11-9-14(17)18-16(11)19/h6-13H,1-5H3;3-10,18H,1-2H3. The second-order valence-electron chi connectivity index (χ2n) is 12.8. The first-order chi connectivity index (χ1) is 23.1. The number of ether oxygens (including phenoxy) is 3. The Morgan fingerprint density at radius 1 is 0.694 bits per heavy atom. The third-order valence-corrected chi connectivity index (χ3v) is 7.96. The van der Waals surface area contributed by atoms with Crippen LogP contribution in [0, 0.1) is 0 Å². The van der Waals surface area contributed by atoms with Crippen LogP contribution in [0.1, 0.15) is 48.5 Å². The van der Waals surface area contributed by atoms with E-state index >= 15 is 0 Å². The lowest BCUT2D eigenvalue weighted by molar-refractivity contribution is 0.0539. The number of hydrogen-bond acceptors (Lipinski definition) is 6. The lowest BCUT2D eigenvalue weighted by atomic mass is 10.2. The van der Waals surface area contributed by atoms with Gasteiger partial charge >= 0.3 is 6.09 Å². The average molecular weight is 795 g/mol. The van der Waals surface area contributed by atoms with Gasteiger partial charge in [-0.25, -0.2) is 9.36 Å². The fraction of sp³-hybridized carbons (Fsp3) is 0.270. The van der Waals surface area contributed by atoms with Crippen molar-refractivity contribution in [3.05, 3.63) is 115 Å². The number of nitrogens with zero attached hydrogens (tertiary/aromatic N) is 3. The van der Waals surface area contributed by atoms with E-state index in [-0.39, 0.29) is 23.3 Å². The summed E-state index contributed by atoms with van der Waals surface area (Å²) in [6, 6.07) is 25.0. The van der Waals surface area contributed by atoms with E-state index in [1.807, 2.05) is 64.1 Å². The highest BCUT2D eigenvalue weighted by atomic mass is 79.9. The fourth-order valence-corrected chi connectivity index (χ4v) is 6.14. The van der Waals surface area contributed by atoms with Crippen molar-refractivity contribution in [2.45, 2.75) is 66.3 Å². The molecule has 4 aromatic heterocycles. The third-order valence-electron chi connectivity index (χ3n) is 6.95. The van der Waals surface area contributed by atoms with Crippen LogP contribution >= 0.6 is 31.9 Å². The Bertz CT molecular complexity index is 2220. The van der Waals surface area contributed by atoms with Crippen molar-refractivity contribution < 1.29 is 19.0 Å². The van der Waals surface area contributed by atoms with Crippen LogP contribution in [-0.2, 0) is 4.74 Å². The Balaban J connectivity index is 0.000000199. The van der Waals surface area contributed by atoms with Crippen LogP contribution in [0.5, 0.6) is 11.5 Å². The van der Waals surface area contributed by atoms with E-state index in [2.05, 4.69) is 36.8 Å². The zero-order valence-electron chi connectivity index (χ0n) is 28.3. The second-order valence-corrected chi connectivity index (χ2v) is 14.5. The lowest BCUT2D eigenvalue weighted by Gasteiger charge is -2.21. The van der Waals surface area contributed by atoms with Crippen LogP contribution in [0.2, 0.25) is 0 Å². The van der Waals surface area contributed by atoms with Crippen LogP contribution in [0.15, 0.2) is 104 Å². The van der Waals surface area contributed by atoms with Gasteiger partial charge in [-0.1, -0.05) is 0 Å². The molecular weight excluding hydrogens is 756 g/mol. The minimum absolute atomic E-state index is 0.0531. The Kier molecular flexibility index (Phi) is 10.6. The molecule has 6 aromatic rings. The van der Waals surface area contributed by atoms with Gasteiger partial charge in [-0.15, -0.1) is 0 Å². The number of H-pyrrole nitrogens is 1. The number of aromatic amines is 1. The summed E-state index contributed by atoms with van der Waals surface area (Å²) in [5.74, 6) is 1.50. The quantitative estimate of drug-likeness (QED) is 0.180. The van der Waals surface area contributed by atoms with Crippen molar-refractivity contribution in [1.29, 1.82) is 0 Å². The van der Waals surface area contributed by atoms with Crippen molar-refractivity contribution in [2.75, 3.05) is 0 Å². The largest absolute Gasteiger partial charge is 0.491 e. The first kappa shape index (κ1) is 35.7. The molecule has 2 aromatic carbocycles. The van der Waals surface area contributed by atoms with E-state index in [4.69, 9.17) is 14.2 Å². The number of fused-ring (bicyclic) bond motifs is 2. The van der Waals surface area contributed by atoms with E-state index in [1.165, 1.54) is 15.2 Å². The van der Waals surface area contributed by atoms with Crippen molar-refractivity contribution in [2.24, 2.45) is 0 Å². The molecule has 4 heterocycles. The number of pyridine rings is 2. The SMILES string of the molecule is CC(C)Oc1ccc(-n2c(=O)ccc3cc(Br)[nH]c32)cc1.CC(C)Oc1ccc(-n2c(=O)ccc3cc(Br)n(C(=O)OC(C)(C)C)c32)cc1. The minimum atomic E-state index is -0.664. The van der Waals surface area contributed by atoms with Gasteiger partial charge in [0.15, 0.2) is 0 Å². The zero-order valence-corrected chi connectivity index (χ0v) is 31.5. The monoisotopic (exact) mass is 792 g/mol. The molecule has 0 aliphatic heterocycles. The molecule has 0 aliphatic carbocycles. The highest BCUT2D eigenvalue weighted by molar-refractivity contribution is 9.10. The predicted octanol–water partition coefficient (Wildman–Crippen LogP) is 8.99. The van der Waals surface area contributed by atoms with Crippen LogP contribution in [0.4, 0.5) is 4.79 Å². The molecule has 0 saturated heterocycles. The normalized spacial score (nSPS) is 11.6. The molecular formula is C37H38Br2N4O6. The van der Waals surface area contributed by atoms with E-state index in [0.29, 0.717) is 21.7 Å². The Morgan fingerprint density at radius 3 is 1.69 bits per heavy atom. The van der Waals surface area contributed by atoms with Crippen LogP contribution in [-0.4, -0.2) is 42.6 Å². The van der Waals surface area contributed by atoms with Crippen molar-refractivity contribution in [3.63, 3.8) is 0 Å². The highest BCUT2D eigenvalue weighted by Crippen LogP contribution is 2.27. The first-order valence-electron chi connectivity index (χ1n) is 15.7. The van der Waals surface area contributed by atoms with Crippen molar-refractivity contribution >= 4 is 60.0 Å². The highest BCUT2D eigenvalue weighted by Gasteiger charge is 2.24. The molecule has 6 rings (SSSR count). The van der Waals surface area contributed by atoms with Gasteiger partial charge in [-0.2, -0.15) is 0 Å². The van der Waals surface area contributed by atoms with Gasteiger partial charge in [-0.3, -0.25) is 18.7 Å². The van der Waals surface area contributed by atoms with Crippen LogP contribution < -0.4 is 20.6 Å². The molecule has 256 valence electrons. The summed E-state index contributed by atoms with van der Waals surface area (Å²) in [6.07, 6.45) is -0.382. The summed E-state index contributed by atoms with van der Waals surface area (Å²) in [5, 5.41) is 1.71. The van der Waals surface area contributed by atoms with Gasteiger partial charge in [0.2, 0.25) is 0 Å². The number of carbonyl (C=O) groups excluding carboxylic acids is 1. The predicted molar refractivity (Wildman–Crippen MR) is 200 cm³/mol. The number of aromatic nitrogens is 4. The summed E-state index contributed by atoms with van der Waals surface area (Å²) in [5.41, 5.74) is 1.65. The summed E-state index contributed by atoms with van der Waals surface area (Å²) in [7, 11) is 0. The van der Waals surface area contributed by atoms with E-state index in [9.17, 15) is 14.4 Å². The number of carbonyl (C=O) groups is 1. The van der Waals surface area contributed by atoms with Crippen LogP contribution in [0.25, 0.3) is 33.4 Å².